The van der Waals surface area contributed by atoms with Gasteiger partial charge >= 0.3 is 6.03 Å². The lowest BCUT2D eigenvalue weighted by molar-refractivity contribution is -0.384. The molecular weight excluding hydrogens is 646 g/mol. The van der Waals surface area contributed by atoms with E-state index in [2.05, 4.69) is 21.2 Å². The first kappa shape index (κ1) is 31.0. The van der Waals surface area contributed by atoms with Gasteiger partial charge < -0.3 is 14.2 Å². The average Bonchev–Trinajstić information content (AvgIpc) is 3.03. The second kappa shape index (κ2) is 13.9. The third-order valence-electron chi connectivity index (χ3n) is 6.63. The zero-order valence-corrected chi connectivity index (χ0v) is 25.5. The van der Waals surface area contributed by atoms with Crippen LogP contribution in [-0.2, 0) is 22.8 Å². The Morgan fingerprint density at radius 2 is 1.51 bits per heavy atom. The van der Waals surface area contributed by atoms with Crippen LogP contribution in [0.4, 0.5) is 16.2 Å². The standard InChI is InChI=1S/C33H26BrN3O8/c1-2-43-30-16-22(8-14-29(30)45-19-21-6-4-3-5-7-21)20-44-28-15-9-24(34)17-23(28)18-27-31(38)35-33(40)36(32(27)39)25-10-12-26(13-11-25)37(41)42/h3-18H,2,19-20H2,1H3,(H,35,38,40)/b27-18-. The number of hydrogen-bond donors (Lipinski definition) is 1. The van der Waals surface area contributed by atoms with E-state index in [-0.39, 0.29) is 23.6 Å². The summed E-state index contributed by atoms with van der Waals surface area (Å²) in [5, 5.41) is 13.2. The van der Waals surface area contributed by atoms with Gasteiger partial charge in [-0.15, -0.1) is 0 Å². The van der Waals surface area contributed by atoms with E-state index in [0.717, 1.165) is 28.2 Å². The predicted octanol–water partition coefficient (Wildman–Crippen LogP) is 6.58. The van der Waals surface area contributed by atoms with Crippen molar-refractivity contribution in [1.29, 1.82) is 0 Å². The number of barbiturate groups is 1. The number of carbonyl (C=O) groups is 3. The fraction of sp³-hybridized carbons (Fsp3) is 0.121. The van der Waals surface area contributed by atoms with Crippen LogP contribution in [0.5, 0.6) is 17.2 Å². The molecule has 1 aliphatic rings. The summed E-state index contributed by atoms with van der Waals surface area (Å²) >= 11 is 3.41. The van der Waals surface area contributed by atoms with Gasteiger partial charge in [-0.05, 0) is 66.6 Å². The van der Waals surface area contributed by atoms with Gasteiger partial charge in [-0.25, -0.2) is 9.69 Å². The monoisotopic (exact) mass is 671 g/mol. The largest absolute Gasteiger partial charge is 0.490 e. The Kier molecular flexibility index (Phi) is 9.54. The van der Waals surface area contributed by atoms with Crippen molar-refractivity contribution >= 4 is 51.2 Å². The van der Waals surface area contributed by atoms with Crippen molar-refractivity contribution < 1.29 is 33.5 Å². The van der Waals surface area contributed by atoms with Crippen LogP contribution in [0.15, 0.2) is 101 Å². The predicted molar refractivity (Wildman–Crippen MR) is 169 cm³/mol. The van der Waals surface area contributed by atoms with Gasteiger partial charge in [-0.2, -0.15) is 0 Å². The van der Waals surface area contributed by atoms with Crippen molar-refractivity contribution in [2.75, 3.05) is 11.5 Å². The molecule has 1 saturated heterocycles. The summed E-state index contributed by atoms with van der Waals surface area (Å²) < 4.78 is 18.6. The van der Waals surface area contributed by atoms with Crippen LogP contribution in [0.2, 0.25) is 0 Å². The quantitative estimate of drug-likeness (QED) is 0.0817. The first-order valence-corrected chi connectivity index (χ1v) is 14.5. The van der Waals surface area contributed by atoms with Crippen LogP contribution in [0.3, 0.4) is 0 Å². The molecule has 228 valence electrons. The molecule has 45 heavy (non-hydrogen) atoms. The van der Waals surface area contributed by atoms with E-state index in [1.165, 1.54) is 18.2 Å². The number of nitrogens with one attached hydrogen (secondary N) is 1. The van der Waals surface area contributed by atoms with Crippen LogP contribution in [-0.4, -0.2) is 29.4 Å². The summed E-state index contributed by atoms with van der Waals surface area (Å²) in [7, 11) is 0. The van der Waals surface area contributed by atoms with Gasteiger partial charge in [0.2, 0.25) is 0 Å². The summed E-state index contributed by atoms with van der Waals surface area (Å²) in [4.78, 5) is 49.9. The summed E-state index contributed by atoms with van der Waals surface area (Å²) in [6, 6.07) is 24.2. The van der Waals surface area contributed by atoms with E-state index >= 15 is 0 Å². The fourth-order valence-corrected chi connectivity index (χ4v) is 4.84. The van der Waals surface area contributed by atoms with Crippen molar-refractivity contribution in [3.05, 3.63) is 128 Å². The highest BCUT2D eigenvalue weighted by molar-refractivity contribution is 9.10. The minimum absolute atomic E-state index is 0.0634. The molecule has 4 amide bonds. The number of ether oxygens (including phenoxy) is 3. The van der Waals surface area contributed by atoms with Crippen LogP contribution in [0.25, 0.3) is 6.08 Å². The Bertz CT molecular complexity index is 1790. The normalized spacial score (nSPS) is 13.9. The summed E-state index contributed by atoms with van der Waals surface area (Å²) in [5.74, 6) is -0.259. The van der Waals surface area contributed by atoms with E-state index in [0.29, 0.717) is 40.5 Å². The number of nitro benzene ring substituents is 1. The van der Waals surface area contributed by atoms with Crippen molar-refractivity contribution in [2.45, 2.75) is 20.1 Å². The number of carbonyl (C=O) groups excluding carboxylic acids is 3. The lowest BCUT2D eigenvalue weighted by atomic mass is 10.1. The molecule has 1 heterocycles. The lowest BCUT2D eigenvalue weighted by Crippen LogP contribution is -2.54. The summed E-state index contributed by atoms with van der Waals surface area (Å²) in [6.45, 7) is 2.83. The smallest absolute Gasteiger partial charge is 0.335 e. The number of rotatable bonds is 11. The highest BCUT2D eigenvalue weighted by atomic mass is 79.9. The Hall–Kier alpha value is -5.49. The number of halogens is 1. The maximum Gasteiger partial charge on any atom is 0.335 e. The van der Waals surface area contributed by atoms with Crippen LogP contribution in [0.1, 0.15) is 23.6 Å². The van der Waals surface area contributed by atoms with E-state index in [4.69, 9.17) is 14.2 Å². The molecule has 0 radical (unpaired) electrons. The number of benzene rings is 4. The second-order valence-electron chi connectivity index (χ2n) is 9.69. The van der Waals surface area contributed by atoms with Crippen molar-refractivity contribution in [2.24, 2.45) is 0 Å². The van der Waals surface area contributed by atoms with Gasteiger partial charge in [0.1, 0.15) is 24.5 Å². The molecule has 12 heteroatoms. The first-order valence-electron chi connectivity index (χ1n) is 13.7. The topological polar surface area (TPSA) is 137 Å². The molecule has 0 bridgehead atoms. The Morgan fingerprint density at radius 1 is 0.822 bits per heavy atom. The number of amides is 4. The van der Waals surface area contributed by atoms with Crippen molar-refractivity contribution in [1.82, 2.24) is 5.32 Å². The zero-order chi connectivity index (χ0) is 31.9. The maximum absolute atomic E-state index is 13.4. The minimum atomic E-state index is -0.969. The molecule has 1 N–H and O–H groups in total. The minimum Gasteiger partial charge on any atom is -0.490 e. The number of nitro groups is 1. The van der Waals surface area contributed by atoms with E-state index < -0.39 is 22.8 Å². The van der Waals surface area contributed by atoms with Crippen molar-refractivity contribution in [3.63, 3.8) is 0 Å². The number of urea groups is 1. The SMILES string of the molecule is CCOc1cc(COc2ccc(Br)cc2/C=C2/C(=O)NC(=O)N(c3ccc([N+](=O)[O-])cc3)C2=O)ccc1OCc1ccccc1. The third-order valence-corrected chi connectivity index (χ3v) is 7.12. The van der Waals surface area contributed by atoms with Crippen molar-refractivity contribution in [3.8, 4) is 17.2 Å². The third kappa shape index (κ3) is 7.36. The number of non-ortho nitro benzene ring substituents is 1. The highest BCUT2D eigenvalue weighted by Gasteiger charge is 2.37. The molecule has 4 aromatic carbocycles. The Morgan fingerprint density at radius 3 is 2.22 bits per heavy atom. The second-order valence-corrected chi connectivity index (χ2v) is 10.6. The summed E-state index contributed by atoms with van der Waals surface area (Å²) in [6.07, 6.45) is 1.33. The van der Waals surface area contributed by atoms with E-state index in [1.54, 1.807) is 18.2 Å². The van der Waals surface area contributed by atoms with Gasteiger partial charge in [-0.1, -0.05) is 52.3 Å². The molecule has 1 fully saturated rings. The first-order chi connectivity index (χ1) is 21.7. The van der Waals surface area contributed by atoms with E-state index in [1.807, 2.05) is 55.5 Å². The Balaban J connectivity index is 1.37. The molecule has 0 atom stereocenters. The molecular formula is C33H26BrN3O8. The van der Waals surface area contributed by atoms with Crippen LogP contribution < -0.4 is 24.4 Å². The molecule has 1 aliphatic heterocycles. The number of hydrogen-bond acceptors (Lipinski definition) is 8. The maximum atomic E-state index is 13.4. The van der Waals surface area contributed by atoms with Crippen LogP contribution >= 0.6 is 15.9 Å². The molecule has 0 unspecified atom stereocenters. The lowest BCUT2D eigenvalue weighted by Gasteiger charge is -2.26. The summed E-state index contributed by atoms with van der Waals surface area (Å²) in [5.41, 5.74) is 1.73. The number of imide groups is 2. The molecule has 5 rings (SSSR count). The molecule has 11 nitrogen and oxygen atoms in total. The van der Waals surface area contributed by atoms with Gasteiger partial charge in [0, 0.05) is 22.2 Å². The average molecular weight is 672 g/mol. The van der Waals surface area contributed by atoms with Crippen LogP contribution in [0, 0.1) is 10.1 Å². The van der Waals surface area contributed by atoms with Gasteiger partial charge in [0.15, 0.2) is 11.5 Å². The molecule has 0 spiro atoms. The number of anilines is 1. The van der Waals surface area contributed by atoms with Gasteiger partial charge in [0.25, 0.3) is 17.5 Å². The number of nitrogens with zero attached hydrogens (tertiary/aromatic N) is 2. The molecule has 0 aromatic heterocycles. The fourth-order valence-electron chi connectivity index (χ4n) is 4.46. The van der Waals surface area contributed by atoms with Gasteiger partial charge in [-0.3, -0.25) is 25.0 Å². The zero-order valence-electron chi connectivity index (χ0n) is 23.9. The highest BCUT2D eigenvalue weighted by Crippen LogP contribution is 2.32. The van der Waals surface area contributed by atoms with Gasteiger partial charge in [0.05, 0.1) is 17.2 Å². The van der Waals surface area contributed by atoms with E-state index in [9.17, 15) is 24.5 Å². The molecule has 4 aromatic rings. The Labute approximate surface area is 266 Å². The molecule has 0 saturated carbocycles. The molecule has 0 aliphatic carbocycles.